The molecule has 0 aliphatic carbocycles. The van der Waals surface area contributed by atoms with E-state index in [9.17, 15) is 14.9 Å². The van der Waals surface area contributed by atoms with Gasteiger partial charge in [0, 0.05) is 35.8 Å². The Morgan fingerprint density at radius 1 is 1.15 bits per heavy atom. The summed E-state index contributed by atoms with van der Waals surface area (Å²) in [5.41, 5.74) is 2.83. The average Bonchev–Trinajstić information content (AvgIpc) is 3.78. The molecular weight excluding hydrogens is 608 g/mol. The van der Waals surface area contributed by atoms with Gasteiger partial charge in [-0.05, 0) is 72.4 Å². The molecule has 3 aromatic carbocycles. The molecule has 2 heterocycles. The summed E-state index contributed by atoms with van der Waals surface area (Å²) in [5.74, 6) is 2.01. The molecule has 9 nitrogen and oxygen atoms in total. The first-order chi connectivity index (χ1) is 22.3. The van der Waals surface area contributed by atoms with Crippen LogP contribution in [-0.2, 0) is 27.1 Å². The third kappa shape index (κ3) is 8.50. The number of methoxy groups -OCH3 is 1. The first-order valence-electron chi connectivity index (χ1n) is 15.0. The van der Waals surface area contributed by atoms with Crippen molar-refractivity contribution >= 4 is 35.1 Å². The van der Waals surface area contributed by atoms with E-state index >= 15 is 4.39 Å². The van der Waals surface area contributed by atoms with E-state index in [0.717, 1.165) is 18.4 Å². The number of carbonyl (C=O) groups excluding carboxylic acids is 2. The Labute approximate surface area is 271 Å². The highest BCUT2D eigenvalue weighted by Crippen LogP contribution is 2.37. The fourth-order valence-electron chi connectivity index (χ4n) is 5.07. The van der Waals surface area contributed by atoms with Crippen molar-refractivity contribution in [1.29, 1.82) is 5.26 Å². The van der Waals surface area contributed by atoms with Crippen molar-refractivity contribution in [3.8, 4) is 34.3 Å². The molecule has 0 spiro atoms. The van der Waals surface area contributed by atoms with E-state index in [0.29, 0.717) is 64.8 Å². The van der Waals surface area contributed by atoms with Crippen LogP contribution in [0.4, 0.5) is 9.52 Å². The summed E-state index contributed by atoms with van der Waals surface area (Å²) in [6, 6.07) is 14.6. The number of esters is 1. The van der Waals surface area contributed by atoms with Crippen LogP contribution in [0.3, 0.4) is 0 Å². The van der Waals surface area contributed by atoms with Crippen LogP contribution in [0, 0.1) is 17.0 Å². The number of ether oxygens (including phenoxy) is 4. The molecule has 1 unspecified atom stereocenters. The average molecular weight is 642 g/mol. The summed E-state index contributed by atoms with van der Waals surface area (Å²) < 4.78 is 38.4. The summed E-state index contributed by atoms with van der Waals surface area (Å²) in [7, 11) is 1.30. The number of rotatable bonds is 13. The van der Waals surface area contributed by atoms with Gasteiger partial charge in [-0.1, -0.05) is 25.3 Å². The zero-order valence-electron chi connectivity index (χ0n) is 25.6. The number of halogens is 1. The van der Waals surface area contributed by atoms with E-state index in [1.54, 1.807) is 54.0 Å². The van der Waals surface area contributed by atoms with Gasteiger partial charge < -0.3 is 24.3 Å². The molecule has 0 bridgehead atoms. The first kappa shape index (κ1) is 32.7. The Kier molecular flexibility index (Phi) is 11.0. The maximum Gasteiger partial charge on any atom is 0.337 e. The van der Waals surface area contributed by atoms with Crippen molar-refractivity contribution < 1.29 is 32.9 Å². The second kappa shape index (κ2) is 15.5. The summed E-state index contributed by atoms with van der Waals surface area (Å²) in [5, 5.41) is 14.5. The number of nitrogens with zero attached hydrogens (tertiary/aromatic N) is 2. The molecule has 1 aliphatic heterocycles. The Hall–Kier alpha value is -4.73. The molecule has 1 amide bonds. The van der Waals surface area contributed by atoms with E-state index in [4.69, 9.17) is 18.9 Å². The standard InChI is InChI=1S/C34H33BFN3O6S/c1-35(21-37)12-11-24-16-30(44-20-27-4-3-14-43-27)31(17-25(24)18-32(40)39-34-38-13-15-46-34)45-26-9-10-28(29(36)19-26)22-5-7-23(8-6-22)33(41)42-2/h5-10,13,15-17,19,27H,3-4,11-12,14,18,20H2,1-2H3,(H,38,39,40). The highest BCUT2D eigenvalue weighted by atomic mass is 32.1. The van der Waals surface area contributed by atoms with Crippen LogP contribution < -0.4 is 14.8 Å². The molecule has 1 aromatic heterocycles. The van der Waals surface area contributed by atoms with Gasteiger partial charge in [0.25, 0.3) is 6.71 Å². The quantitative estimate of drug-likeness (QED) is 0.123. The number of nitrogens with one attached hydrogen (secondary N) is 1. The highest BCUT2D eigenvalue weighted by Gasteiger charge is 2.21. The minimum absolute atomic E-state index is 0.0348. The monoisotopic (exact) mass is 641 g/mol. The minimum Gasteiger partial charge on any atom is -0.487 e. The Morgan fingerprint density at radius 2 is 1.96 bits per heavy atom. The van der Waals surface area contributed by atoms with Crippen LogP contribution in [0.1, 0.15) is 34.3 Å². The van der Waals surface area contributed by atoms with Crippen molar-refractivity contribution in [2.45, 2.75) is 44.9 Å². The predicted molar refractivity (Wildman–Crippen MR) is 174 cm³/mol. The van der Waals surface area contributed by atoms with Crippen molar-refractivity contribution in [3.63, 3.8) is 0 Å². The number of anilines is 1. The number of hydrogen-bond donors (Lipinski definition) is 1. The van der Waals surface area contributed by atoms with Crippen LogP contribution in [-0.4, -0.2) is 50.0 Å². The zero-order valence-corrected chi connectivity index (χ0v) is 26.4. The van der Waals surface area contributed by atoms with Gasteiger partial charge in [-0.2, -0.15) is 0 Å². The van der Waals surface area contributed by atoms with E-state index in [1.807, 2.05) is 12.9 Å². The number of carbonyl (C=O) groups is 2. The lowest BCUT2D eigenvalue weighted by Crippen LogP contribution is -2.18. The molecule has 1 N–H and O–H groups in total. The highest BCUT2D eigenvalue weighted by molar-refractivity contribution is 7.13. The van der Waals surface area contributed by atoms with Crippen LogP contribution in [0.5, 0.6) is 17.2 Å². The molecule has 1 atom stereocenters. The third-order valence-corrected chi connectivity index (χ3v) is 8.29. The topological polar surface area (TPSA) is 120 Å². The number of nitriles is 1. The van der Waals surface area contributed by atoms with Crippen LogP contribution in [0.15, 0.2) is 66.2 Å². The molecule has 5 rings (SSSR count). The van der Waals surface area contributed by atoms with Gasteiger partial charge in [0.15, 0.2) is 16.6 Å². The van der Waals surface area contributed by atoms with Crippen molar-refractivity contribution in [3.05, 3.63) is 88.7 Å². The molecule has 4 aromatic rings. The second-order valence-electron chi connectivity index (χ2n) is 11.0. The molecule has 0 saturated carbocycles. The Bertz CT molecular complexity index is 1710. The van der Waals surface area contributed by atoms with Gasteiger partial charge in [-0.25, -0.2) is 19.4 Å². The predicted octanol–water partition coefficient (Wildman–Crippen LogP) is 7.00. The van der Waals surface area contributed by atoms with Gasteiger partial charge in [0.1, 0.15) is 18.2 Å². The molecule has 1 fully saturated rings. The smallest absolute Gasteiger partial charge is 0.337 e. The number of amides is 1. The van der Waals surface area contributed by atoms with E-state index in [-0.39, 0.29) is 30.9 Å². The summed E-state index contributed by atoms with van der Waals surface area (Å²) in [4.78, 5) is 28.9. The molecule has 12 heteroatoms. The number of aromatic nitrogens is 1. The Balaban J connectivity index is 1.44. The summed E-state index contributed by atoms with van der Waals surface area (Å²) in [6.45, 7) is 2.66. The lowest BCUT2D eigenvalue weighted by molar-refractivity contribution is -0.115. The maximum atomic E-state index is 15.4. The number of aryl methyl sites for hydroxylation is 1. The van der Waals surface area contributed by atoms with Crippen LogP contribution >= 0.6 is 11.3 Å². The van der Waals surface area contributed by atoms with Gasteiger partial charge in [0.2, 0.25) is 5.91 Å². The van der Waals surface area contributed by atoms with Gasteiger partial charge in [-0.3, -0.25) is 4.79 Å². The van der Waals surface area contributed by atoms with Crippen molar-refractivity contribution in [1.82, 2.24) is 4.98 Å². The van der Waals surface area contributed by atoms with E-state index in [2.05, 4.69) is 16.3 Å². The second-order valence-corrected chi connectivity index (χ2v) is 11.9. The van der Waals surface area contributed by atoms with Crippen molar-refractivity contribution in [2.24, 2.45) is 0 Å². The first-order valence-corrected chi connectivity index (χ1v) is 15.9. The molecule has 1 aliphatic rings. The van der Waals surface area contributed by atoms with Gasteiger partial charge in [0.05, 0.1) is 25.2 Å². The fourth-order valence-corrected chi connectivity index (χ4v) is 5.62. The number of hydrogen-bond acceptors (Lipinski definition) is 9. The SMILES string of the molecule is COC(=O)c1ccc(-c2ccc(Oc3cc(CC(=O)Nc4nccs4)c(CCB(C)C#N)cc3OCC3CCCO3)cc2F)cc1. The molecule has 1 saturated heterocycles. The number of benzene rings is 3. The molecular formula is C34H33BFN3O6S. The molecule has 236 valence electrons. The van der Waals surface area contributed by atoms with Crippen molar-refractivity contribution in [2.75, 3.05) is 25.6 Å². The van der Waals surface area contributed by atoms with Crippen LogP contribution in [0.25, 0.3) is 11.1 Å². The summed E-state index contributed by atoms with van der Waals surface area (Å²) >= 11 is 1.32. The summed E-state index contributed by atoms with van der Waals surface area (Å²) in [6.07, 6.45) is 4.57. The Morgan fingerprint density at radius 3 is 2.63 bits per heavy atom. The van der Waals surface area contributed by atoms with Gasteiger partial charge in [-0.15, -0.1) is 11.3 Å². The van der Waals surface area contributed by atoms with Crippen LogP contribution in [0.2, 0.25) is 13.1 Å². The minimum atomic E-state index is -0.518. The van der Waals surface area contributed by atoms with E-state index in [1.165, 1.54) is 24.5 Å². The normalized spacial score (nSPS) is 13.9. The number of thiazole rings is 1. The fraction of sp³-hybridized carbons (Fsp3) is 0.294. The van der Waals surface area contributed by atoms with Gasteiger partial charge >= 0.3 is 5.97 Å². The molecule has 0 radical (unpaired) electrons. The van der Waals surface area contributed by atoms with E-state index < -0.39 is 11.8 Å². The lowest BCUT2D eigenvalue weighted by Gasteiger charge is -2.19. The lowest BCUT2D eigenvalue weighted by atomic mass is 9.50. The largest absolute Gasteiger partial charge is 0.487 e. The third-order valence-electron chi connectivity index (χ3n) is 7.60. The maximum absolute atomic E-state index is 15.4. The molecule has 46 heavy (non-hydrogen) atoms. The zero-order chi connectivity index (χ0) is 32.5.